The molecule has 0 saturated heterocycles. The van der Waals surface area contributed by atoms with Crippen LogP contribution in [0.1, 0.15) is 57.2 Å². The van der Waals surface area contributed by atoms with Gasteiger partial charge in [0, 0.05) is 24.0 Å². The third-order valence-electron chi connectivity index (χ3n) is 5.53. The van der Waals surface area contributed by atoms with Crippen LogP contribution in [-0.4, -0.2) is 28.8 Å². The summed E-state index contributed by atoms with van der Waals surface area (Å²) in [6.45, 7) is 8.19. The first-order valence-corrected chi connectivity index (χ1v) is 11.1. The quantitative estimate of drug-likeness (QED) is 0.567. The van der Waals surface area contributed by atoms with Crippen molar-refractivity contribution in [3.63, 3.8) is 0 Å². The van der Waals surface area contributed by atoms with Crippen molar-refractivity contribution in [2.24, 2.45) is 0 Å². The molecule has 4 nitrogen and oxygen atoms in total. The Balaban J connectivity index is 2.14. The fourth-order valence-electron chi connectivity index (χ4n) is 3.19. The molecule has 30 heavy (non-hydrogen) atoms. The molecule has 2 aromatic carbocycles. The lowest BCUT2D eigenvalue weighted by Crippen LogP contribution is -2.49. The van der Waals surface area contributed by atoms with Crippen molar-refractivity contribution in [3.05, 3.63) is 70.2 Å². The van der Waals surface area contributed by atoms with Gasteiger partial charge in [0.25, 0.3) is 0 Å². The van der Waals surface area contributed by atoms with Crippen LogP contribution in [0.4, 0.5) is 0 Å². The van der Waals surface area contributed by atoms with Crippen molar-refractivity contribution in [1.29, 1.82) is 0 Å². The number of carbonyl (C=O) groups excluding carboxylic acids is 2. The van der Waals surface area contributed by atoms with Gasteiger partial charge in [-0.2, -0.15) is 0 Å². The molecule has 0 unspecified atom stereocenters. The molecule has 2 amide bonds. The summed E-state index contributed by atoms with van der Waals surface area (Å²) >= 11 is 6.33. The van der Waals surface area contributed by atoms with Gasteiger partial charge in [0.2, 0.25) is 11.8 Å². The van der Waals surface area contributed by atoms with Crippen molar-refractivity contribution < 1.29 is 9.59 Å². The van der Waals surface area contributed by atoms with Gasteiger partial charge < -0.3 is 10.2 Å². The summed E-state index contributed by atoms with van der Waals surface area (Å²) in [5, 5.41) is 3.58. The zero-order valence-corrected chi connectivity index (χ0v) is 19.2. The van der Waals surface area contributed by atoms with E-state index in [1.165, 1.54) is 5.56 Å². The van der Waals surface area contributed by atoms with E-state index >= 15 is 0 Å². The second-order valence-corrected chi connectivity index (χ2v) is 8.18. The Morgan fingerprint density at radius 1 is 1.00 bits per heavy atom. The highest BCUT2D eigenvalue weighted by Gasteiger charge is 2.27. The predicted octanol–water partition coefficient (Wildman–Crippen LogP) is 5.17. The number of carbonyl (C=O) groups is 2. The van der Waals surface area contributed by atoms with Crippen LogP contribution in [0.2, 0.25) is 5.02 Å². The maximum absolute atomic E-state index is 13.2. The van der Waals surface area contributed by atoms with E-state index in [0.717, 1.165) is 24.0 Å². The minimum Gasteiger partial charge on any atom is -0.352 e. The Bertz CT molecular complexity index is 835. The van der Waals surface area contributed by atoms with E-state index in [9.17, 15) is 9.59 Å². The molecule has 0 aliphatic rings. The smallest absolute Gasteiger partial charge is 0.242 e. The molecule has 0 fully saturated rings. The topological polar surface area (TPSA) is 49.4 Å². The van der Waals surface area contributed by atoms with Gasteiger partial charge in [-0.25, -0.2) is 0 Å². The first kappa shape index (κ1) is 23.9. The largest absolute Gasteiger partial charge is 0.352 e. The molecule has 0 aromatic heterocycles. The van der Waals surface area contributed by atoms with Gasteiger partial charge in [0.15, 0.2) is 0 Å². The van der Waals surface area contributed by atoms with Crippen molar-refractivity contribution in [3.8, 4) is 0 Å². The number of hydrogen-bond donors (Lipinski definition) is 1. The Labute approximate surface area is 185 Å². The molecule has 2 atom stereocenters. The molecule has 0 spiro atoms. The molecule has 0 heterocycles. The van der Waals surface area contributed by atoms with Gasteiger partial charge in [-0.3, -0.25) is 9.59 Å². The molecule has 2 aromatic rings. The molecular formula is C25H33ClN2O2. The summed E-state index contributed by atoms with van der Waals surface area (Å²) in [5.41, 5.74) is 3.23. The monoisotopic (exact) mass is 428 g/mol. The SMILES string of the molecule is CCc1ccc(CCC(=O)N(Cc2ccccc2Cl)[C@H](C)C(=O)N[C@@H](C)CC)cc1. The van der Waals surface area contributed by atoms with Gasteiger partial charge >= 0.3 is 0 Å². The number of rotatable bonds is 10. The fraction of sp³-hybridized carbons (Fsp3) is 0.440. The second-order valence-electron chi connectivity index (χ2n) is 7.78. The Kier molecular flexibility index (Phi) is 9.38. The van der Waals surface area contributed by atoms with E-state index in [-0.39, 0.29) is 17.9 Å². The maximum atomic E-state index is 13.2. The van der Waals surface area contributed by atoms with Crippen LogP contribution in [0.25, 0.3) is 0 Å². The van der Waals surface area contributed by atoms with Crippen molar-refractivity contribution in [2.45, 2.75) is 72.0 Å². The van der Waals surface area contributed by atoms with Crippen molar-refractivity contribution >= 4 is 23.4 Å². The third kappa shape index (κ3) is 6.88. The maximum Gasteiger partial charge on any atom is 0.242 e. The molecule has 2 rings (SSSR count). The van der Waals surface area contributed by atoms with E-state index < -0.39 is 6.04 Å². The number of nitrogens with zero attached hydrogens (tertiary/aromatic N) is 1. The summed E-state index contributed by atoms with van der Waals surface area (Å²) in [6, 6.07) is 15.3. The lowest BCUT2D eigenvalue weighted by Gasteiger charge is -2.30. The predicted molar refractivity (Wildman–Crippen MR) is 124 cm³/mol. The first-order valence-electron chi connectivity index (χ1n) is 10.8. The molecule has 0 radical (unpaired) electrons. The average Bonchev–Trinajstić information content (AvgIpc) is 2.76. The van der Waals surface area contributed by atoms with Crippen LogP contribution in [-0.2, 0) is 29.0 Å². The zero-order valence-electron chi connectivity index (χ0n) is 18.5. The first-order chi connectivity index (χ1) is 14.3. The van der Waals surface area contributed by atoms with Gasteiger partial charge in [0.1, 0.15) is 6.04 Å². The van der Waals surface area contributed by atoms with E-state index in [1.807, 2.05) is 32.0 Å². The highest BCUT2D eigenvalue weighted by atomic mass is 35.5. The highest BCUT2D eigenvalue weighted by Crippen LogP contribution is 2.20. The normalized spacial score (nSPS) is 12.8. The van der Waals surface area contributed by atoms with E-state index in [2.05, 4.69) is 36.5 Å². The molecule has 0 aliphatic heterocycles. The lowest BCUT2D eigenvalue weighted by atomic mass is 10.0. The van der Waals surface area contributed by atoms with Crippen molar-refractivity contribution in [2.75, 3.05) is 0 Å². The van der Waals surface area contributed by atoms with Crippen LogP contribution >= 0.6 is 11.6 Å². The Hall–Kier alpha value is -2.33. The van der Waals surface area contributed by atoms with Crippen LogP contribution in [0, 0.1) is 0 Å². The number of amides is 2. The standard InChI is InChI=1S/C25H33ClN2O2/c1-5-18(3)27-25(30)19(4)28(17-22-9-7-8-10-23(22)26)24(29)16-15-21-13-11-20(6-2)12-14-21/h7-14,18-19H,5-6,15-17H2,1-4H3,(H,27,30)/t18-,19+/m0/s1. The van der Waals surface area contributed by atoms with E-state index in [1.54, 1.807) is 17.9 Å². The number of hydrogen-bond acceptors (Lipinski definition) is 2. The van der Waals surface area contributed by atoms with E-state index in [4.69, 9.17) is 11.6 Å². The zero-order chi connectivity index (χ0) is 22.1. The number of halogens is 1. The van der Waals surface area contributed by atoms with Gasteiger partial charge in [0.05, 0.1) is 0 Å². The van der Waals surface area contributed by atoms with Crippen molar-refractivity contribution in [1.82, 2.24) is 10.2 Å². The molecule has 162 valence electrons. The summed E-state index contributed by atoms with van der Waals surface area (Å²) in [7, 11) is 0. The fourth-order valence-corrected chi connectivity index (χ4v) is 3.39. The summed E-state index contributed by atoms with van der Waals surface area (Å²) in [5.74, 6) is -0.196. The summed E-state index contributed by atoms with van der Waals surface area (Å²) in [4.78, 5) is 27.5. The lowest BCUT2D eigenvalue weighted by molar-refractivity contribution is -0.140. The Morgan fingerprint density at radius 2 is 1.63 bits per heavy atom. The van der Waals surface area contributed by atoms with E-state index in [0.29, 0.717) is 24.4 Å². The summed E-state index contributed by atoms with van der Waals surface area (Å²) in [6.07, 6.45) is 2.82. The van der Waals surface area contributed by atoms with Crippen LogP contribution < -0.4 is 5.32 Å². The van der Waals surface area contributed by atoms with Gasteiger partial charge in [-0.1, -0.05) is 67.9 Å². The second kappa shape index (κ2) is 11.8. The molecule has 1 N–H and O–H groups in total. The molecule has 0 aliphatic carbocycles. The highest BCUT2D eigenvalue weighted by molar-refractivity contribution is 6.31. The number of nitrogens with one attached hydrogen (secondary N) is 1. The number of aryl methyl sites for hydroxylation is 2. The molecular weight excluding hydrogens is 396 g/mol. The summed E-state index contributed by atoms with van der Waals surface area (Å²) < 4.78 is 0. The van der Waals surface area contributed by atoms with Gasteiger partial charge in [-0.15, -0.1) is 0 Å². The minimum atomic E-state index is -0.578. The van der Waals surface area contributed by atoms with Crippen LogP contribution in [0.5, 0.6) is 0 Å². The van der Waals surface area contributed by atoms with Crippen LogP contribution in [0.15, 0.2) is 48.5 Å². The average molecular weight is 429 g/mol. The van der Waals surface area contributed by atoms with Gasteiger partial charge in [-0.05, 0) is 55.9 Å². The van der Waals surface area contributed by atoms with Crippen LogP contribution in [0.3, 0.4) is 0 Å². The molecule has 0 saturated carbocycles. The molecule has 5 heteroatoms. The molecule has 0 bridgehead atoms. The minimum absolute atomic E-state index is 0.0544. The Morgan fingerprint density at radius 3 is 2.23 bits per heavy atom. The number of benzene rings is 2. The third-order valence-corrected chi connectivity index (χ3v) is 5.89.